The summed E-state index contributed by atoms with van der Waals surface area (Å²) in [4.78, 5) is 20.4. The van der Waals surface area contributed by atoms with Crippen molar-refractivity contribution in [2.24, 2.45) is 0 Å². The number of fused-ring (bicyclic) bond motifs is 1. The third kappa shape index (κ3) is 5.45. The molecule has 0 aliphatic heterocycles. The van der Waals surface area contributed by atoms with Gasteiger partial charge in [-0.3, -0.25) is 4.79 Å². The molecule has 1 amide bonds. The molecule has 0 unspecified atom stereocenters. The van der Waals surface area contributed by atoms with Gasteiger partial charge in [0, 0.05) is 26.6 Å². The van der Waals surface area contributed by atoms with E-state index >= 15 is 0 Å². The van der Waals surface area contributed by atoms with Gasteiger partial charge < -0.3 is 20.1 Å². The Morgan fingerprint density at radius 1 is 1.27 bits per heavy atom. The van der Waals surface area contributed by atoms with E-state index in [0.717, 1.165) is 23.4 Å². The van der Waals surface area contributed by atoms with E-state index < -0.39 is 33.9 Å². The number of likely N-dealkylation sites (N-methyl/N-ethyl adjacent to an activating group) is 1. The lowest BCUT2D eigenvalue weighted by Gasteiger charge is -2.28. The van der Waals surface area contributed by atoms with E-state index in [2.05, 4.69) is 20.6 Å². The smallest absolute Gasteiger partial charge is 0.254 e. The fourth-order valence-electron chi connectivity index (χ4n) is 4.17. The summed E-state index contributed by atoms with van der Waals surface area (Å²) in [7, 11) is 0.725. The Labute approximate surface area is 218 Å². The predicted octanol–water partition coefficient (Wildman–Crippen LogP) is 3.32. The van der Waals surface area contributed by atoms with Gasteiger partial charge >= 0.3 is 0 Å². The van der Waals surface area contributed by atoms with Crippen LogP contribution in [0.2, 0.25) is 5.02 Å². The number of anilines is 2. The van der Waals surface area contributed by atoms with E-state index in [4.69, 9.17) is 21.1 Å². The standard InChI is InChI=1S/C24H25ClFN5O5S/c1-27-22(32)15-10-19(35-3)18(11-17(15)26)29-24-28-12-16(25)23(30-24)36-20-9-13-7-5-6-8-14(13)21(20)31(2)37(4,33)34/h5-8,10-12,20-21H,9H2,1-4H3,(H,27,32)(H,28,29,30)/t20-,21-/m1/s1. The van der Waals surface area contributed by atoms with Gasteiger partial charge in [-0.15, -0.1) is 0 Å². The number of nitrogens with zero attached hydrogens (tertiary/aromatic N) is 3. The number of amides is 1. The molecule has 0 bridgehead atoms. The number of ether oxygens (including phenoxy) is 2. The molecule has 0 spiro atoms. The van der Waals surface area contributed by atoms with Crippen LogP contribution < -0.4 is 20.1 Å². The minimum Gasteiger partial charge on any atom is -0.495 e. The van der Waals surface area contributed by atoms with Crippen LogP contribution in [0.3, 0.4) is 0 Å². The van der Waals surface area contributed by atoms with Crippen LogP contribution in [0.5, 0.6) is 11.6 Å². The number of sulfonamides is 1. The van der Waals surface area contributed by atoms with Crippen molar-refractivity contribution in [3.05, 3.63) is 70.1 Å². The largest absolute Gasteiger partial charge is 0.495 e. The van der Waals surface area contributed by atoms with Gasteiger partial charge in [0.25, 0.3) is 5.91 Å². The molecule has 3 aromatic rings. The van der Waals surface area contributed by atoms with E-state index in [1.165, 1.54) is 37.8 Å². The molecule has 2 aromatic carbocycles. The summed E-state index contributed by atoms with van der Waals surface area (Å²) >= 11 is 6.32. The highest BCUT2D eigenvalue weighted by atomic mass is 35.5. The Hall–Kier alpha value is -3.48. The summed E-state index contributed by atoms with van der Waals surface area (Å²) in [6.07, 6.45) is 2.26. The third-order valence-corrected chi connectivity index (χ3v) is 7.58. The number of nitrogens with one attached hydrogen (secondary N) is 2. The SMILES string of the molecule is CNC(=O)c1cc(OC)c(Nc2ncc(Cl)c(O[C@@H]3Cc4ccccc4[C@H]3N(C)S(C)(=O)=O)n2)cc1F. The van der Waals surface area contributed by atoms with Gasteiger partial charge in [0.1, 0.15) is 22.7 Å². The minimum absolute atomic E-state index is 0.0188. The fourth-order valence-corrected chi connectivity index (χ4v) is 4.96. The van der Waals surface area contributed by atoms with Gasteiger partial charge in [-0.2, -0.15) is 9.29 Å². The first kappa shape index (κ1) is 26.6. The number of hydrogen-bond acceptors (Lipinski definition) is 8. The molecule has 0 saturated heterocycles. The number of benzene rings is 2. The van der Waals surface area contributed by atoms with E-state index in [9.17, 15) is 17.6 Å². The van der Waals surface area contributed by atoms with Gasteiger partial charge in [-0.25, -0.2) is 17.8 Å². The van der Waals surface area contributed by atoms with Crippen molar-refractivity contribution in [2.75, 3.05) is 32.8 Å². The Balaban J connectivity index is 1.64. The number of carbonyl (C=O) groups excluding carboxylic acids is 1. The fraction of sp³-hybridized carbons (Fsp3) is 0.292. The molecule has 0 saturated carbocycles. The van der Waals surface area contributed by atoms with Crippen molar-refractivity contribution in [2.45, 2.75) is 18.6 Å². The molecular weight excluding hydrogens is 525 g/mol. The molecule has 1 aromatic heterocycles. The van der Waals surface area contributed by atoms with E-state index in [1.54, 1.807) is 0 Å². The lowest BCUT2D eigenvalue weighted by molar-refractivity contribution is 0.0958. The van der Waals surface area contributed by atoms with Crippen LogP contribution in [-0.2, 0) is 16.4 Å². The molecule has 1 aliphatic rings. The number of aromatic nitrogens is 2. The van der Waals surface area contributed by atoms with Crippen molar-refractivity contribution < 1.29 is 27.1 Å². The van der Waals surface area contributed by atoms with Gasteiger partial charge in [0.05, 0.1) is 36.9 Å². The summed E-state index contributed by atoms with van der Waals surface area (Å²) in [6, 6.07) is 9.24. The Bertz CT molecular complexity index is 1460. The second kappa shape index (κ2) is 10.5. The van der Waals surface area contributed by atoms with Gasteiger partial charge in [0.2, 0.25) is 21.9 Å². The van der Waals surface area contributed by atoms with Crippen LogP contribution >= 0.6 is 11.6 Å². The summed E-state index contributed by atoms with van der Waals surface area (Å²) < 4.78 is 52.0. The summed E-state index contributed by atoms with van der Waals surface area (Å²) in [5, 5.41) is 5.33. The zero-order valence-corrected chi connectivity index (χ0v) is 22.0. The van der Waals surface area contributed by atoms with Crippen molar-refractivity contribution in [1.29, 1.82) is 0 Å². The molecule has 37 heavy (non-hydrogen) atoms. The first-order valence-electron chi connectivity index (χ1n) is 11.1. The Kier molecular flexibility index (Phi) is 7.53. The number of methoxy groups -OCH3 is 1. The third-order valence-electron chi connectivity index (χ3n) is 6.04. The molecule has 13 heteroatoms. The zero-order chi connectivity index (χ0) is 26.9. The van der Waals surface area contributed by atoms with Crippen LogP contribution in [0.25, 0.3) is 0 Å². The number of hydrogen-bond donors (Lipinski definition) is 2. The number of halogens is 2. The number of rotatable bonds is 8. The number of carbonyl (C=O) groups is 1. The van der Waals surface area contributed by atoms with Crippen molar-refractivity contribution in [1.82, 2.24) is 19.6 Å². The maximum Gasteiger partial charge on any atom is 0.254 e. The van der Waals surface area contributed by atoms with Crippen LogP contribution in [0.4, 0.5) is 16.0 Å². The molecule has 1 aliphatic carbocycles. The maximum absolute atomic E-state index is 14.6. The molecule has 4 rings (SSSR count). The van der Waals surface area contributed by atoms with Crippen LogP contribution in [0.15, 0.2) is 42.6 Å². The van der Waals surface area contributed by atoms with Crippen LogP contribution in [0, 0.1) is 5.82 Å². The molecule has 10 nitrogen and oxygen atoms in total. The first-order valence-corrected chi connectivity index (χ1v) is 13.3. The maximum atomic E-state index is 14.6. The lowest BCUT2D eigenvalue weighted by atomic mass is 10.1. The first-order chi connectivity index (χ1) is 17.5. The molecular formula is C24H25ClFN5O5S. The molecule has 2 atom stereocenters. The van der Waals surface area contributed by atoms with Crippen molar-refractivity contribution in [3.8, 4) is 11.6 Å². The van der Waals surface area contributed by atoms with Crippen molar-refractivity contribution in [3.63, 3.8) is 0 Å². The molecule has 0 fully saturated rings. The zero-order valence-electron chi connectivity index (χ0n) is 20.5. The summed E-state index contributed by atoms with van der Waals surface area (Å²) in [5.41, 5.74) is 1.77. The second-order valence-electron chi connectivity index (χ2n) is 8.37. The minimum atomic E-state index is -3.54. The van der Waals surface area contributed by atoms with Gasteiger partial charge in [-0.1, -0.05) is 35.9 Å². The van der Waals surface area contributed by atoms with Crippen LogP contribution in [-0.4, -0.2) is 62.2 Å². The highest BCUT2D eigenvalue weighted by Crippen LogP contribution is 2.40. The van der Waals surface area contributed by atoms with E-state index in [1.807, 2.05) is 24.3 Å². The van der Waals surface area contributed by atoms with E-state index in [0.29, 0.717) is 6.42 Å². The van der Waals surface area contributed by atoms with Crippen LogP contribution in [0.1, 0.15) is 27.5 Å². The van der Waals surface area contributed by atoms with Gasteiger partial charge in [-0.05, 0) is 17.2 Å². The Morgan fingerprint density at radius 3 is 2.68 bits per heavy atom. The second-order valence-corrected chi connectivity index (χ2v) is 10.8. The highest BCUT2D eigenvalue weighted by Gasteiger charge is 2.40. The summed E-state index contributed by atoms with van der Waals surface area (Å²) in [5.74, 6) is -1.16. The molecule has 0 radical (unpaired) electrons. The normalized spacial score (nSPS) is 16.8. The Morgan fingerprint density at radius 2 is 2.00 bits per heavy atom. The van der Waals surface area contributed by atoms with Crippen molar-refractivity contribution >= 4 is 39.2 Å². The predicted molar refractivity (Wildman–Crippen MR) is 137 cm³/mol. The highest BCUT2D eigenvalue weighted by molar-refractivity contribution is 7.88. The van der Waals surface area contributed by atoms with E-state index in [-0.39, 0.29) is 33.9 Å². The van der Waals surface area contributed by atoms with Gasteiger partial charge in [0.15, 0.2) is 0 Å². The average molecular weight is 550 g/mol. The lowest BCUT2D eigenvalue weighted by Crippen LogP contribution is -2.38. The molecule has 1 heterocycles. The average Bonchev–Trinajstić information content (AvgIpc) is 3.22. The monoisotopic (exact) mass is 549 g/mol. The topological polar surface area (TPSA) is 123 Å². The quantitative estimate of drug-likeness (QED) is 0.439. The summed E-state index contributed by atoms with van der Waals surface area (Å²) in [6.45, 7) is 0. The molecule has 196 valence electrons. The molecule has 2 N–H and O–H groups in total.